The molecule has 0 radical (unpaired) electrons. The van der Waals surface area contributed by atoms with Gasteiger partial charge in [-0.05, 0) is 6.42 Å². The molecular formula is C12H15N5. The van der Waals surface area contributed by atoms with Crippen LogP contribution in [0, 0.1) is 0 Å². The van der Waals surface area contributed by atoms with Crippen LogP contribution in [0.25, 0.3) is 11.6 Å². The van der Waals surface area contributed by atoms with E-state index in [0.717, 1.165) is 42.5 Å². The number of hydrogen-bond donors (Lipinski definition) is 1. The number of rotatable bonds is 2. The molecule has 0 amide bonds. The Labute approximate surface area is 99.9 Å². The van der Waals surface area contributed by atoms with Gasteiger partial charge in [0.1, 0.15) is 0 Å². The van der Waals surface area contributed by atoms with Crippen LogP contribution in [-0.4, -0.2) is 19.5 Å². The first-order valence-corrected chi connectivity index (χ1v) is 5.86. The molecule has 2 aromatic heterocycles. The van der Waals surface area contributed by atoms with Crippen molar-refractivity contribution in [1.82, 2.24) is 24.8 Å². The Morgan fingerprint density at radius 3 is 2.94 bits per heavy atom. The molecule has 0 fully saturated rings. The molecule has 0 bridgehead atoms. The molecule has 0 aromatic carbocycles. The zero-order chi connectivity index (χ0) is 11.8. The van der Waals surface area contributed by atoms with E-state index in [4.69, 9.17) is 0 Å². The van der Waals surface area contributed by atoms with Crippen molar-refractivity contribution in [3.8, 4) is 11.6 Å². The molecule has 0 atom stereocenters. The minimum Gasteiger partial charge on any atom is -0.331 e. The molecule has 0 spiro atoms. The molecule has 3 heterocycles. The number of nitrogens with zero attached hydrogens (tertiary/aromatic N) is 4. The molecule has 2 aromatic rings. The van der Waals surface area contributed by atoms with Crippen LogP contribution in [-0.2, 0) is 26.6 Å². The summed E-state index contributed by atoms with van der Waals surface area (Å²) >= 11 is 0. The first kappa shape index (κ1) is 10.4. The summed E-state index contributed by atoms with van der Waals surface area (Å²) in [6, 6.07) is 0. The second kappa shape index (κ2) is 3.92. The molecule has 17 heavy (non-hydrogen) atoms. The summed E-state index contributed by atoms with van der Waals surface area (Å²) in [5.74, 6) is 1.56. The average molecular weight is 229 g/mol. The van der Waals surface area contributed by atoms with E-state index in [9.17, 15) is 0 Å². The van der Waals surface area contributed by atoms with Crippen LogP contribution < -0.4 is 5.32 Å². The van der Waals surface area contributed by atoms with Gasteiger partial charge < -0.3 is 9.88 Å². The SMILES string of the molecule is CCc1nc(-c2nccn2C)nc2c1CNC2. The lowest BCUT2D eigenvalue weighted by molar-refractivity contribution is 0.755. The van der Waals surface area contributed by atoms with Gasteiger partial charge in [-0.15, -0.1) is 0 Å². The number of aromatic nitrogens is 4. The summed E-state index contributed by atoms with van der Waals surface area (Å²) in [5, 5.41) is 3.32. The molecule has 5 heteroatoms. The molecule has 0 saturated carbocycles. The highest BCUT2D eigenvalue weighted by Crippen LogP contribution is 2.21. The van der Waals surface area contributed by atoms with Crippen molar-refractivity contribution in [2.75, 3.05) is 0 Å². The fraction of sp³-hybridized carbons (Fsp3) is 0.417. The Hall–Kier alpha value is -1.75. The second-order valence-electron chi connectivity index (χ2n) is 4.24. The van der Waals surface area contributed by atoms with E-state index in [1.54, 1.807) is 6.20 Å². The van der Waals surface area contributed by atoms with Crippen LogP contribution in [0.2, 0.25) is 0 Å². The molecule has 1 aliphatic rings. The van der Waals surface area contributed by atoms with Gasteiger partial charge in [0.2, 0.25) is 0 Å². The Balaban J connectivity index is 2.16. The zero-order valence-corrected chi connectivity index (χ0v) is 10.1. The van der Waals surface area contributed by atoms with E-state index in [1.807, 2.05) is 17.8 Å². The fourth-order valence-corrected chi connectivity index (χ4v) is 2.21. The Kier molecular flexibility index (Phi) is 2.40. The topological polar surface area (TPSA) is 55.6 Å². The first-order valence-electron chi connectivity index (χ1n) is 5.86. The molecule has 0 unspecified atom stereocenters. The van der Waals surface area contributed by atoms with Gasteiger partial charge in [-0.3, -0.25) is 0 Å². The van der Waals surface area contributed by atoms with E-state index in [2.05, 4.69) is 27.2 Å². The average Bonchev–Trinajstić information content (AvgIpc) is 2.95. The van der Waals surface area contributed by atoms with Crippen molar-refractivity contribution >= 4 is 0 Å². The van der Waals surface area contributed by atoms with Crippen LogP contribution in [0.1, 0.15) is 23.9 Å². The number of hydrogen-bond acceptors (Lipinski definition) is 4. The molecule has 0 saturated heterocycles. The largest absolute Gasteiger partial charge is 0.331 e. The minimum atomic E-state index is 0.733. The summed E-state index contributed by atoms with van der Waals surface area (Å²) in [4.78, 5) is 13.5. The minimum absolute atomic E-state index is 0.733. The Morgan fingerprint density at radius 1 is 1.35 bits per heavy atom. The predicted octanol–water partition coefficient (Wildman–Crippen LogP) is 1.04. The summed E-state index contributed by atoms with van der Waals surface area (Å²) in [7, 11) is 1.96. The molecule has 1 N–H and O–H groups in total. The Morgan fingerprint density at radius 2 is 2.24 bits per heavy atom. The van der Waals surface area contributed by atoms with Gasteiger partial charge >= 0.3 is 0 Å². The van der Waals surface area contributed by atoms with Crippen molar-refractivity contribution in [1.29, 1.82) is 0 Å². The van der Waals surface area contributed by atoms with Crippen molar-refractivity contribution in [2.45, 2.75) is 26.4 Å². The van der Waals surface area contributed by atoms with Gasteiger partial charge in [-0.2, -0.15) is 0 Å². The maximum atomic E-state index is 4.63. The molecule has 3 rings (SSSR count). The van der Waals surface area contributed by atoms with Gasteiger partial charge in [0.05, 0.1) is 5.69 Å². The van der Waals surface area contributed by atoms with Gasteiger partial charge in [0, 0.05) is 43.8 Å². The van der Waals surface area contributed by atoms with Crippen LogP contribution in [0.15, 0.2) is 12.4 Å². The van der Waals surface area contributed by atoms with Gasteiger partial charge in [0.25, 0.3) is 0 Å². The van der Waals surface area contributed by atoms with Gasteiger partial charge in [-0.25, -0.2) is 15.0 Å². The number of aryl methyl sites for hydroxylation is 2. The lowest BCUT2D eigenvalue weighted by Gasteiger charge is -2.07. The molecular weight excluding hydrogens is 214 g/mol. The van der Waals surface area contributed by atoms with Crippen molar-refractivity contribution < 1.29 is 0 Å². The summed E-state index contributed by atoms with van der Waals surface area (Å²) < 4.78 is 1.95. The van der Waals surface area contributed by atoms with E-state index < -0.39 is 0 Å². The fourth-order valence-electron chi connectivity index (χ4n) is 2.21. The predicted molar refractivity (Wildman–Crippen MR) is 64.2 cm³/mol. The third kappa shape index (κ3) is 1.63. The highest BCUT2D eigenvalue weighted by molar-refractivity contribution is 5.47. The molecule has 5 nitrogen and oxygen atoms in total. The lowest BCUT2D eigenvalue weighted by atomic mass is 10.1. The standard InChI is InChI=1S/C12H15N5/c1-3-9-8-6-13-7-10(8)16-11(15-9)12-14-4-5-17(12)2/h4-5,13H,3,6-7H2,1-2H3. The van der Waals surface area contributed by atoms with Crippen LogP contribution >= 0.6 is 0 Å². The van der Waals surface area contributed by atoms with Crippen molar-refractivity contribution in [2.24, 2.45) is 7.05 Å². The third-order valence-electron chi connectivity index (χ3n) is 3.13. The first-order chi connectivity index (χ1) is 8.29. The van der Waals surface area contributed by atoms with Gasteiger partial charge in [0.15, 0.2) is 11.6 Å². The molecule has 88 valence electrons. The number of nitrogens with one attached hydrogen (secondary N) is 1. The highest BCUT2D eigenvalue weighted by Gasteiger charge is 2.19. The zero-order valence-electron chi connectivity index (χ0n) is 10.1. The third-order valence-corrected chi connectivity index (χ3v) is 3.13. The van der Waals surface area contributed by atoms with E-state index in [1.165, 1.54) is 5.56 Å². The maximum absolute atomic E-state index is 4.63. The second-order valence-corrected chi connectivity index (χ2v) is 4.24. The smallest absolute Gasteiger partial charge is 0.196 e. The summed E-state index contributed by atoms with van der Waals surface area (Å²) in [6.07, 6.45) is 4.62. The Bertz CT molecular complexity index is 558. The van der Waals surface area contributed by atoms with E-state index >= 15 is 0 Å². The number of imidazole rings is 1. The van der Waals surface area contributed by atoms with Crippen molar-refractivity contribution in [3.05, 3.63) is 29.3 Å². The maximum Gasteiger partial charge on any atom is 0.196 e. The lowest BCUT2D eigenvalue weighted by Crippen LogP contribution is -2.05. The quantitative estimate of drug-likeness (QED) is 0.836. The van der Waals surface area contributed by atoms with Crippen LogP contribution in [0.4, 0.5) is 0 Å². The van der Waals surface area contributed by atoms with E-state index in [-0.39, 0.29) is 0 Å². The highest BCUT2D eigenvalue weighted by atomic mass is 15.1. The normalized spacial score (nSPS) is 14.0. The van der Waals surface area contributed by atoms with Crippen LogP contribution in [0.5, 0.6) is 0 Å². The van der Waals surface area contributed by atoms with E-state index in [0.29, 0.717) is 0 Å². The van der Waals surface area contributed by atoms with Gasteiger partial charge in [-0.1, -0.05) is 6.92 Å². The monoisotopic (exact) mass is 229 g/mol. The summed E-state index contributed by atoms with van der Waals surface area (Å²) in [6.45, 7) is 3.85. The summed E-state index contributed by atoms with van der Waals surface area (Å²) in [5.41, 5.74) is 3.53. The number of fused-ring (bicyclic) bond motifs is 1. The van der Waals surface area contributed by atoms with Crippen molar-refractivity contribution in [3.63, 3.8) is 0 Å². The molecule has 0 aliphatic carbocycles. The molecule has 1 aliphatic heterocycles. The van der Waals surface area contributed by atoms with Crippen LogP contribution in [0.3, 0.4) is 0 Å².